The molecule has 1 heterocycles. The van der Waals surface area contributed by atoms with E-state index in [0.717, 1.165) is 6.42 Å². The van der Waals surface area contributed by atoms with Crippen molar-refractivity contribution in [2.45, 2.75) is 37.2 Å². The summed E-state index contributed by atoms with van der Waals surface area (Å²) in [6.07, 6.45) is 0.905. The van der Waals surface area contributed by atoms with Gasteiger partial charge < -0.3 is 5.11 Å². The Kier molecular flexibility index (Phi) is 4.86. The second-order valence-electron chi connectivity index (χ2n) is 3.95. The molecule has 0 aliphatic rings. The van der Waals surface area contributed by atoms with E-state index < -0.39 is 3.79 Å². The van der Waals surface area contributed by atoms with Crippen molar-refractivity contribution in [3.8, 4) is 0 Å². The molecule has 7 heteroatoms. The van der Waals surface area contributed by atoms with Gasteiger partial charge >= 0.3 is 0 Å². The minimum atomic E-state index is -1.61. The molecule has 0 fully saturated rings. The molecule has 0 aliphatic heterocycles. The number of rotatable bonds is 4. The molecule has 0 radical (unpaired) electrons. The first-order valence-electron chi connectivity index (χ1n) is 4.96. The Morgan fingerprint density at radius 3 is 2.44 bits per heavy atom. The SMILES string of the molecule is CC(C)CCn1nnc(CO)c1C(Cl)(Cl)Cl. The van der Waals surface area contributed by atoms with Gasteiger partial charge in [0.05, 0.1) is 6.61 Å². The lowest BCUT2D eigenvalue weighted by Gasteiger charge is -2.14. The van der Waals surface area contributed by atoms with Crippen LogP contribution in [0, 0.1) is 5.92 Å². The molecule has 92 valence electrons. The van der Waals surface area contributed by atoms with E-state index >= 15 is 0 Å². The van der Waals surface area contributed by atoms with E-state index in [4.69, 9.17) is 39.9 Å². The smallest absolute Gasteiger partial charge is 0.234 e. The molecule has 0 spiro atoms. The zero-order valence-electron chi connectivity index (χ0n) is 9.12. The summed E-state index contributed by atoms with van der Waals surface area (Å²) >= 11 is 17.5. The highest BCUT2D eigenvalue weighted by atomic mass is 35.6. The number of nitrogens with zero attached hydrogens (tertiary/aromatic N) is 3. The summed E-state index contributed by atoms with van der Waals surface area (Å²) in [5, 5.41) is 16.7. The third kappa shape index (κ3) is 3.48. The van der Waals surface area contributed by atoms with Gasteiger partial charge in [0.2, 0.25) is 3.79 Å². The molecule has 0 aliphatic carbocycles. The first-order valence-corrected chi connectivity index (χ1v) is 6.10. The fourth-order valence-electron chi connectivity index (χ4n) is 1.30. The first-order chi connectivity index (χ1) is 7.36. The number of aryl methyl sites for hydroxylation is 1. The number of aliphatic hydroxyl groups excluding tert-OH is 1. The number of halogens is 3. The summed E-state index contributed by atoms with van der Waals surface area (Å²) < 4.78 is -0.0723. The molecular weight excluding hydrogens is 272 g/mol. The van der Waals surface area contributed by atoms with Crippen molar-refractivity contribution in [1.82, 2.24) is 15.0 Å². The average Bonchev–Trinajstić information content (AvgIpc) is 2.56. The van der Waals surface area contributed by atoms with Crippen LogP contribution < -0.4 is 0 Å². The van der Waals surface area contributed by atoms with E-state index in [1.807, 2.05) is 0 Å². The lowest BCUT2D eigenvalue weighted by atomic mass is 10.1. The first kappa shape index (κ1) is 14.0. The van der Waals surface area contributed by atoms with E-state index in [1.165, 1.54) is 0 Å². The Hall–Kier alpha value is -0.0300. The molecule has 1 rings (SSSR count). The summed E-state index contributed by atoms with van der Waals surface area (Å²) in [4.78, 5) is 0. The number of alkyl halides is 3. The number of aromatic nitrogens is 3. The van der Waals surface area contributed by atoms with Gasteiger partial charge in [0, 0.05) is 6.54 Å². The van der Waals surface area contributed by atoms with Crippen LogP contribution in [0.4, 0.5) is 0 Å². The highest BCUT2D eigenvalue weighted by Gasteiger charge is 2.32. The minimum absolute atomic E-state index is 0.287. The van der Waals surface area contributed by atoms with Crippen LogP contribution in [0.2, 0.25) is 0 Å². The van der Waals surface area contributed by atoms with Crippen molar-refractivity contribution in [2.75, 3.05) is 0 Å². The predicted molar refractivity (Wildman–Crippen MR) is 64.6 cm³/mol. The minimum Gasteiger partial charge on any atom is -0.390 e. The number of hydrogen-bond donors (Lipinski definition) is 1. The molecule has 16 heavy (non-hydrogen) atoms. The van der Waals surface area contributed by atoms with Crippen molar-refractivity contribution < 1.29 is 5.11 Å². The molecule has 0 unspecified atom stereocenters. The molecule has 1 N–H and O–H groups in total. The maximum absolute atomic E-state index is 9.08. The Morgan fingerprint density at radius 1 is 1.38 bits per heavy atom. The Balaban J connectivity index is 2.96. The highest BCUT2D eigenvalue weighted by Crippen LogP contribution is 2.39. The standard InChI is InChI=1S/C9H14Cl3N3O/c1-6(2)3-4-15-8(9(10,11)12)7(5-16)13-14-15/h6,16H,3-5H2,1-2H3. The van der Waals surface area contributed by atoms with E-state index in [2.05, 4.69) is 24.2 Å². The van der Waals surface area contributed by atoms with Crippen LogP contribution in [0.3, 0.4) is 0 Å². The summed E-state index contributed by atoms with van der Waals surface area (Å²) in [6.45, 7) is 4.52. The van der Waals surface area contributed by atoms with Crippen LogP contribution >= 0.6 is 34.8 Å². The molecule has 4 nitrogen and oxygen atoms in total. The lowest BCUT2D eigenvalue weighted by Crippen LogP contribution is -2.15. The highest BCUT2D eigenvalue weighted by molar-refractivity contribution is 6.66. The molecule has 0 amide bonds. The summed E-state index contributed by atoms with van der Waals surface area (Å²) in [5.41, 5.74) is 0.657. The van der Waals surface area contributed by atoms with Gasteiger partial charge in [-0.3, -0.25) is 0 Å². The van der Waals surface area contributed by atoms with Crippen LogP contribution in [0.5, 0.6) is 0 Å². The summed E-state index contributed by atoms with van der Waals surface area (Å²) in [6, 6.07) is 0. The zero-order valence-corrected chi connectivity index (χ0v) is 11.4. The van der Waals surface area contributed by atoms with Crippen LogP contribution in [0.25, 0.3) is 0 Å². The van der Waals surface area contributed by atoms with Crippen molar-refractivity contribution in [3.05, 3.63) is 11.4 Å². The van der Waals surface area contributed by atoms with E-state index in [9.17, 15) is 0 Å². The Labute approximate surface area is 109 Å². The predicted octanol–water partition coefficient (Wildman–Crippen LogP) is 2.64. The number of aliphatic hydroxyl groups is 1. The maximum atomic E-state index is 9.08. The largest absolute Gasteiger partial charge is 0.390 e. The summed E-state index contributed by atoms with van der Waals surface area (Å²) in [7, 11) is 0. The van der Waals surface area contributed by atoms with Crippen LogP contribution in [0.15, 0.2) is 0 Å². The van der Waals surface area contributed by atoms with Crippen molar-refractivity contribution in [3.63, 3.8) is 0 Å². The van der Waals surface area contributed by atoms with E-state index in [1.54, 1.807) is 4.68 Å². The second-order valence-corrected chi connectivity index (χ2v) is 6.23. The van der Waals surface area contributed by atoms with Crippen LogP contribution in [0.1, 0.15) is 31.7 Å². The maximum Gasteiger partial charge on any atom is 0.234 e. The van der Waals surface area contributed by atoms with Gasteiger partial charge in [0.15, 0.2) is 0 Å². The van der Waals surface area contributed by atoms with Crippen molar-refractivity contribution >= 4 is 34.8 Å². The molecule has 1 aromatic rings. The van der Waals surface area contributed by atoms with E-state index in [0.29, 0.717) is 23.9 Å². The zero-order chi connectivity index (χ0) is 12.3. The quantitative estimate of drug-likeness (QED) is 0.866. The molecule has 0 bridgehead atoms. The van der Waals surface area contributed by atoms with Crippen molar-refractivity contribution in [1.29, 1.82) is 0 Å². The Bertz CT molecular complexity index is 346. The fraction of sp³-hybridized carbons (Fsp3) is 0.778. The number of hydrogen-bond acceptors (Lipinski definition) is 3. The van der Waals surface area contributed by atoms with Gasteiger partial charge in [-0.1, -0.05) is 53.9 Å². The third-order valence-corrected chi connectivity index (χ3v) is 2.68. The van der Waals surface area contributed by atoms with Crippen LogP contribution in [-0.4, -0.2) is 20.1 Å². The van der Waals surface area contributed by atoms with Crippen LogP contribution in [-0.2, 0) is 16.9 Å². The molecular formula is C9H14Cl3N3O. The normalized spacial score (nSPS) is 12.4. The fourth-order valence-corrected chi connectivity index (χ4v) is 1.92. The molecule has 0 aromatic carbocycles. The lowest BCUT2D eigenvalue weighted by molar-refractivity contribution is 0.275. The average molecular weight is 287 g/mol. The monoisotopic (exact) mass is 285 g/mol. The molecule has 0 atom stereocenters. The second kappa shape index (κ2) is 5.54. The van der Waals surface area contributed by atoms with E-state index in [-0.39, 0.29) is 6.61 Å². The topological polar surface area (TPSA) is 50.9 Å². The van der Waals surface area contributed by atoms with Gasteiger partial charge in [0.1, 0.15) is 11.4 Å². The molecule has 0 saturated heterocycles. The third-order valence-electron chi connectivity index (χ3n) is 2.14. The molecule has 1 aromatic heterocycles. The van der Waals surface area contributed by atoms with Gasteiger partial charge in [0.25, 0.3) is 0 Å². The van der Waals surface area contributed by atoms with Crippen molar-refractivity contribution in [2.24, 2.45) is 5.92 Å². The molecule has 0 saturated carbocycles. The van der Waals surface area contributed by atoms with Gasteiger partial charge in [-0.05, 0) is 12.3 Å². The van der Waals surface area contributed by atoms with Gasteiger partial charge in [-0.2, -0.15) is 0 Å². The van der Waals surface area contributed by atoms with Gasteiger partial charge in [-0.15, -0.1) is 5.10 Å². The van der Waals surface area contributed by atoms with Gasteiger partial charge in [-0.25, -0.2) is 4.68 Å². The Morgan fingerprint density at radius 2 is 2.00 bits per heavy atom. The summed E-state index contributed by atoms with van der Waals surface area (Å²) in [5.74, 6) is 0.519.